The topological polar surface area (TPSA) is 87.4 Å². The number of phenolic OH excluding ortho intramolecular Hbond substituents is 4. The Kier molecular flexibility index (Phi) is 9.33. The van der Waals surface area contributed by atoms with Gasteiger partial charge in [0, 0.05) is 54.1 Å². The highest BCUT2D eigenvalue weighted by Gasteiger charge is 2.22. The SMILES string of the molecule is CN(Cc1c(O)ccc2ccccc12)Cc1c(O)cc(-c2cc(O)c(CN(Cc3c(O)ccc4ccccc34)c3ccccc3)c3ccccc23)c2ccccc12. The smallest absolute Gasteiger partial charge is 0.121 e. The molecule has 0 aliphatic rings. The van der Waals surface area contributed by atoms with E-state index in [-0.39, 0.29) is 23.0 Å². The van der Waals surface area contributed by atoms with Gasteiger partial charge in [-0.3, -0.25) is 4.90 Å². The van der Waals surface area contributed by atoms with Crippen LogP contribution in [0.4, 0.5) is 5.69 Å². The van der Waals surface area contributed by atoms with Crippen molar-refractivity contribution in [2.75, 3.05) is 11.9 Å². The number of benzene rings is 9. The molecule has 0 heterocycles. The Morgan fingerprint density at radius 1 is 0.351 bits per heavy atom. The predicted octanol–water partition coefficient (Wildman–Crippen LogP) is 11.6. The number of anilines is 1. The van der Waals surface area contributed by atoms with Gasteiger partial charge in [0.2, 0.25) is 0 Å². The third kappa shape index (κ3) is 6.70. The van der Waals surface area contributed by atoms with Crippen molar-refractivity contribution in [1.29, 1.82) is 0 Å². The van der Waals surface area contributed by atoms with Crippen LogP contribution in [0.3, 0.4) is 0 Å². The van der Waals surface area contributed by atoms with E-state index in [2.05, 4.69) is 34.1 Å². The van der Waals surface area contributed by atoms with Crippen LogP contribution in [0.5, 0.6) is 23.0 Å². The molecule has 0 saturated carbocycles. The van der Waals surface area contributed by atoms with Gasteiger partial charge in [0.1, 0.15) is 23.0 Å². The summed E-state index contributed by atoms with van der Waals surface area (Å²) in [5.74, 6) is 0.787. The second-order valence-electron chi connectivity index (χ2n) is 14.9. The first-order valence-corrected chi connectivity index (χ1v) is 19.2. The molecule has 0 aliphatic heterocycles. The zero-order chi connectivity index (χ0) is 39.0. The van der Waals surface area contributed by atoms with Crippen LogP contribution in [0.1, 0.15) is 22.3 Å². The standard InChI is InChI=1S/C51H42N2O4/c1-52(29-44-36-17-7-5-13-33(36)23-25-48(44)54)30-45-40-21-11-9-19-38(40)42(27-50(45)56)43-28-51(57)47(41-22-12-10-20-39(41)43)32-53(35-15-3-2-4-16-35)31-46-37-18-8-6-14-34(37)24-26-49(46)55/h2-28,54-57H,29-32H2,1H3. The number of nitrogens with zero attached hydrogens (tertiary/aromatic N) is 2. The van der Waals surface area contributed by atoms with Gasteiger partial charge in [-0.05, 0) is 97.7 Å². The zero-order valence-corrected chi connectivity index (χ0v) is 31.6. The molecular weight excluding hydrogens is 705 g/mol. The normalized spacial score (nSPS) is 11.6. The number of phenols is 4. The lowest BCUT2D eigenvalue weighted by Crippen LogP contribution is -2.22. The average Bonchev–Trinajstić information content (AvgIpc) is 3.24. The first-order chi connectivity index (χ1) is 27.8. The predicted molar refractivity (Wildman–Crippen MR) is 233 cm³/mol. The Morgan fingerprint density at radius 2 is 0.719 bits per heavy atom. The van der Waals surface area contributed by atoms with Crippen molar-refractivity contribution >= 4 is 48.8 Å². The highest BCUT2D eigenvalue weighted by atomic mass is 16.3. The highest BCUT2D eigenvalue weighted by molar-refractivity contribution is 6.08. The molecular formula is C51H42N2O4. The van der Waals surface area contributed by atoms with Crippen LogP contribution in [0.25, 0.3) is 54.2 Å². The number of hydrogen-bond acceptors (Lipinski definition) is 6. The molecule has 0 saturated heterocycles. The lowest BCUT2D eigenvalue weighted by Gasteiger charge is -2.28. The van der Waals surface area contributed by atoms with Crippen LogP contribution in [0, 0.1) is 0 Å². The molecule has 6 nitrogen and oxygen atoms in total. The number of aromatic hydroxyl groups is 4. The number of hydrogen-bond donors (Lipinski definition) is 4. The van der Waals surface area contributed by atoms with Crippen molar-refractivity contribution in [3.63, 3.8) is 0 Å². The molecule has 4 N–H and O–H groups in total. The van der Waals surface area contributed by atoms with E-state index in [4.69, 9.17) is 0 Å². The fourth-order valence-electron chi connectivity index (χ4n) is 8.46. The summed E-state index contributed by atoms with van der Waals surface area (Å²) in [6, 6.07) is 53.4. The van der Waals surface area contributed by atoms with Crippen LogP contribution in [-0.2, 0) is 26.2 Å². The van der Waals surface area contributed by atoms with Crippen LogP contribution >= 0.6 is 0 Å². The Balaban J connectivity index is 1.11. The van der Waals surface area contributed by atoms with E-state index in [1.807, 2.05) is 134 Å². The van der Waals surface area contributed by atoms with E-state index < -0.39 is 0 Å². The molecule has 6 heteroatoms. The Bertz CT molecular complexity index is 2940. The van der Waals surface area contributed by atoms with Crippen molar-refractivity contribution in [3.05, 3.63) is 186 Å². The van der Waals surface area contributed by atoms with E-state index in [1.165, 1.54) is 0 Å². The minimum absolute atomic E-state index is 0.147. The third-order valence-corrected chi connectivity index (χ3v) is 11.3. The largest absolute Gasteiger partial charge is 0.508 e. The maximum Gasteiger partial charge on any atom is 0.121 e. The molecule has 0 atom stereocenters. The lowest BCUT2D eigenvalue weighted by molar-refractivity contribution is 0.309. The van der Waals surface area contributed by atoms with Crippen LogP contribution in [0.15, 0.2) is 164 Å². The summed E-state index contributed by atoms with van der Waals surface area (Å²) in [4.78, 5) is 4.29. The molecule has 0 fully saturated rings. The number of rotatable bonds is 10. The van der Waals surface area contributed by atoms with E-state index >= 15 is 0 Å². The van der Waals surface area contributed by atoms with Crippen molar-refractivity contribution in [1.82, 2.24) is 4.90 Å². The Hall–Kier alpha value is -7.02. The van der Waals surface area contributed by atoms with E-state index in [0.29, 0.717) is 26.2 Å². The molecule has 57 heavy (non-hydrogen) atoms. The van der Waals surface area contributed by atoms with Gasteiger partial charge < -0.3 is 25.3 Å². The second-order valence-corrected chi connectivity index (χ2v) is 14.9. The van der Waals surface area contributed by atoms with Gasteiger partial charge in [0.25, 0.3) is 0 Å². The zero-order valence-electron chi connectivity index (χ0n) is 31.6. The van der Waals surface area contributed by atoms with Crippen molar-refractivity contribution < 1.29 is 20.4 Å². The molecule has 0 radical (unpaired) electrons. The molecule has 280 valence electrons. The van der Waals surface area contributed by atoms with Gasteiger partial charge in [-0.25, -0.2) is 0 Å². The van der Waals surface area contributed by atoms with Gasteiger partial charge >= 0.3 is 0 Å². The van der Waals surface area contributed by atoms with Crippen LogP contribution < -0.4 is 4.90 Å². The lowest BCUT2D eigenvalue weighted by atomic mass is 9.89. The Labute approximate surface area is 331 Å². The maximum atomic E-state index is 12.0. The van der Waals surface area contributed by atoms with Gasteiger partial charge in [0.05, 0.1) is 0 Å². The number of para-hydroxylation sites is 1. The number of fused-ring (bicyclic) bond motifs is 4. The molecule has 0 unspecified atom stereocenters. The van der Waals surface area contributed by atoms with E-state index in [9.17, 15) is 20.4 Å². The summed E-state index contributed by atoms with van der Waals surface area (Å²) in [5, 5.41) is 53.7. The minimum Gasteiger partial charge on any atom is -0.508 e. The summed E-state index contributed by atoms with van der Waals surface area (Å²) in [6.07, 6.45) is 0. The van der Waals surface area contributed by atoms with Crippen LogP contribution in [0.2, 0.25) is 0 Å². The van der Waals surface area contributed by atoms with Crippen molar-refractivity contribution in [2.45, 2.75) is 26.2 Å². The minimum atomic E-state index is 0.147. The molecule has 9 rings (SSSR count). The monoisotopic (exact) mass is 746 g/mol. The quantitative estimate of drug-likeness (QED) is 0.111. The maximum absolute atomic E-state index is 12.0. The summed E-state index contributed by atoms with van der Waals surface area (Å²) < 4.78 is 0. The summed E-state index contributed by atoms with van der Waals surface area (Å²) in [5.41, 5.74) is 5.82. The molecule has 9 aromatic carbocycles. The summed E-state index contributed by atoms with van der Waals surface area (Å²) >= 11 is 0. The molecule has 0 aromatic heterocycles. The first-order valence-electron chi connectivity index (χ1n) is 19.2. The van der Waals surface area contributed by atoms with Crippen LogP contribution in [-0.4, -0.2) is 32.4 Å². The fraction of sp³-hybridized carbons (Fsp3) is 0.0980. The van der Waals surface area contributed by atoms with Gasteiger partial charge in [0.15, 0.2) is 0 Å². The van der Waals surface area contributed by atoms with Crippen molar-refractivity contribution in [2.24, 2.45) is 0 Å². The third-order valence-electron chi connectivity index (χ3n) is 11.3. The molecule has 9 aromatic rings. The highest BCUT2D eigenvalue weighted by Crippen LogP contribution is 2.44. The summed E-state index contributed by atoms with van der Waals surface area (Å²) in [6.45, 7) is 1.73. The molecule has 0 aliphatic carbocycles. The first kappa shape index (κ1) is 35.7. The van der Waals surface area contributed by atoms with Crippen molar-refractivity contribution in [3.8, 4) is 34.1 Å². The fourth-order valence-corrected chi connectivity index (χ4v) is 8.46. The van der Waals surface area contributed by atoms with E-state index in [0.717, 1.165) is 82.2 Å². The molecule has 0 amide bonds. The molecule has 0 bridgehead atoms. The van der Waals surface area contributed by atoms with Gasteiger partial charge in [-0.15, -0.1) is 0 Å². The average molecular weight is 747 g/mol. The van der Waals surface area contributed by atoms with Gasteiger partial charge in [-0.2, -0.15) is 0 Å². The van der Waals surface area contributed by atoms with E-state index in [1.54, 1.807) is 12.1 Å². The van der Waals surface area contributed by atoms with Gasteiger partial charge in [-0.1, -0.05) is 127 Å². The second kappa shape index (κ2) is 14.9. The molecule has 0 spiro atoms. The summed E-state index contributed by atoms with van der Waals surface area (Å²) in [7, 11) is 1.99. The Morgan fingerprint density at radius 3 is 1.21 bits per heavy atom.